The minimum absolute atomic E-state index is 0.0114. The summed E-state index contributed by atoms with van der Waals surface area (Å²) >= 11 is 0. The number of nitrogens with zero attached hydrogens (tertiary/aromatic N) is 4. The summed E-state index contributed by atoms with van der Waals surface area (Å²) in [5.74, 6) is 1.03. The van der Waals surface area contributed by atoms with Crippen LogP contribution in [0.3, 0.4) is 0 Å². The molecule has 0 radical (unpaired) electrons. The normalized spacial score (nSPS) is 20.1. The summed E-state index contributed by atoms with van der Waals surface area (Å²) in [7, 11) is 0. The molecule has 1 saturated heterocycles. The Hall–Kier alpha value is -2.41. The van der Waals surface area contributed by atoms with Crippen molar-refractivity contribution < 1.29 is 4.79 Å². The number of benzene rings is 1. The quantitative estimate of drug-likeness (QED) is 0.887. The lowest BCUT2D eigenvalue weighted by Crippen LogP contribution is -2.40. The molecule has 0 spiro atoms. The summed E-state index contributed by atoms with van der Waals surface area (Å²) < 4.78 is 3.08. The van der Waals surface area contributed by atoms with E-state index in [4.69, 9.17) is 0 Å². The van der Waals surface area contributed by atoms with E-state index in [1.165, 1.54) is 10.2 Å². The number of amides is 1. The van der Waals surface area contributed by atoms with E-state index < -0.39 is 0 Å². The first-order valence-electron chi connectivity index (χ1n) is 9.88. The van der Waals surface area contributed by atoms with E-state index in [0.717, 1.165) is 43.9 Å². The Kier molecular flexibility index (Phi) is 4.86. The molecule has 1 aromatic carbocycles. The van der Waals surface area contributed by atoms with Crippen LogP contribution >= 0.6 is 0 Å². The van der Waals surface area contributed by atoms with Crippen LogP contribution in [0.5, 0.6) is 0 Å². The number of piperidine rings is 1. The number of carbonyl (C=O) groups is 1. The van der Waals surface area contributed by atoms with E-state index >= 15 is 0 Å². The van der Waals surface area contributed by atoms with Crippen molar-refractivity contribution in [2.45, 2.75) is 58.2 Å². The van der Waals surface area contributed by atoms with Gasteiger partial charge in [0.1, 0.15) is 12.4 Å². The summed E-state index contributed by atoms with van der Waals surface area (Å²) in [5.41, 5.74) is 1.95. The predicted molar refractivity (Wildman–Crippen MR) is 104 cm³/mol. The minimum atomic E-state index is -0.181. The van der Waals surface area contributed by atoms with Crippen molar-refractivity contribution >= 4 is 11.6 Å². The highest BCUT2D eigenvalue weighted by Gasteiger charge is 2.31. The van der Waals surface area contributed by atoms with Gasteiger partial charge in [0.15, 0.2) is 0 Å². The average Bonchev–Trinajstić information content (AvgIpc) is 3.18. The second kappa shape index (κ2) is 7.31. The Labute approximate surface area is 159 Å². The summed E-state index contributed by atoms with van der Waals surface area (Å²) in [6.45, 7) is 6.45. The number of aromatic nitrogens is 3. The molecular formula is C20H27N5O2. The van der Waals surface area contributed by atoms with Gasteiger partial charge in [-0.2, -0.15) is 5.10 Å². The van der Waals surface area contributed by atoms with Gasteiger partial charge in [-0.05, 0) is 57.8 Å². The number of nitrogens with one attached hydrogen (secondary N) is 1. The van der Waals surface area contributed by atoms with Gasteiger partial charge in [0.2, 0.25) is 5.91 Å². The van der Waals surface area contributed by atoms with E-state index in [2.05, 4.69) is 16.5 Å². The second-order valence-corrected chi connectivity index (χ2v) is 7.51. The lowest BCUT2D eigenvalue weighted by molar-refractivity contribution is -0.119. The third kappa shape index (κ3) is 3.20. The van der Waals surface area contributed by atoms with Crippen LogP contribution in [0.15, 0.2) is 29.1 Å². The average molecular weight is 369 g/mol. The van der Waals surface area contributed by atoms with Gasteiger partial charge in [0, 0.05) is 24.2 Å². The third-order valence-corrected chi connectivity index (χ3v) is 5.73. The van der Waals surface area contributed by atoms with Crippen molar-refractivity contribution in [3.8, 4) is 0 Å². The van der Waals surface area contributed by atoms with Crippen molar-refractivity contribution in [1.29, 1.82) is 0 Å². The number of para-hydroxylation sites is 1. The third-order valence-electron chi connectivity index (χ3n) is 5.73. The van der Waals surface area contributed by atoms with Gasteiger partial charge in [0.05, 0.1) is 0 Å². The van der Waals surface area contributed by atoms with Crippen LogP contribution in [0.2, 0.25) is 0 Å². The highest BCUT2D eigenvalue weighted by molar-refractivity contribution is 5.95. The van der Waals surface area contributed by atoms with Crippen LogP contribution < -0.4 is 15.9 Å². The van der Waals surface area contributed by atoms with E-state index in [1.807, 2.05) is 36.9 Å². The Bertz CT molecular complexity index is 894. The highest BCUT2D eigenvalue weighted by Crippen LogP contribution is 2.32. The van der Waals surface area contributed by atoms with E-state index in [9.17, 15) is 9.59 Å². The lowest BCUT2D eigenvalue weighted by Gasteiger charge is -2.22. The first-order chi connectivity index (χ1) is 13.1. The van der Waals surface area contributed by atoms with E-state index in [-0.39, 0.29) is 30.1 Å². The number of anilines is 1. The number of hydrogen-bond acceptors (Lipinski definition) is 4. The zero-order valence-corrected chi connectivity index (χ0v) is 16.0. The molecule has 1 fully saturated rings. The van der Waals surface area contributed by atoms with Gasteiger partial charge in [-0.15, -0.1) is 0 Å². The molecule has 27 heavy (non-hydrogen) atoms. The molecule has 0 saturated carbocycles. The molecule has 7 nitrogen and oxygen atoms in total. The number of carbonyl (C=O) groups excluding carboxylic acids is 1. The second-order valence-electron chi connectivity index (χ2n) is 7.51. The number of rotatable bonds is 4. The summed E-state index contributed by atoms with van der Waals surface area (Å²) in [6.07, 6.45) is 2.79. The first kappa shape index (κ1) is 18.0. The SMILES string of the molecule is CCn1c(C2CCNCC2)nn(CC(=O)N2c3ccccc3CC2C)c1=O. The lowest BCUT2D eigenvalue weighted by atomic mass is 9.97. The van der Waals surface area contributed by atoms with E-state index in [1.54, 1.807) is 4.57 Å². The standard InChI is InChI=1S/C20H27N5O2/c1-3-23-19(15-8-10-21-11-9-15)22-24(20(23)27)13-18(26)25-14(2)12-16-6-4-5-7-17(16)25/h4-7,14-15,21H,3,8-13H2,1-2H3. The zero-order chi connectivity index (χ0) is 19.0. The van der Waals surface area contributed by atoms with Crippen LogP contribution in [0.4, 0.5) is 5.69 Å². The molecule has 7 heteroatoms. The monoisotopic (exact) mass is 369 g/mol. The maximum atomic E-state index is 13.0. The maximum absolute atomic E-state index is 13.0. The number of fused-ring (bicyclic) bond motifs is 1. The molecule has 2 aliphatic heterocycles. The fraction of sp³-hybridized carbons (Fsp3) is 0.550. The zero-order valence-electron chi connectivity index (χ0n) is 16.0. The topological polar surface area (TPSA) is 72.2 Å². The summed E-state index contributed by atoms with van der Waals surface area (Å²) in [5, 5.41) is 7.93. The van der Waals surface area contributed by atoms with Gasteiger partial charge in [-0.25, -0.2) is 9.48 Å². The Balaban J connectivity index is 1.60. The molecule has 0 aliphatic carbocycles. The Morgan fingerprint density at radius 2 is 2.00 bits per heavy atom. The molecule has 2 aliphatic rings. The van der Waals surface area contributed by atoms with Crippen molar-refractivity contribution in [2.75, 3.05) is 18.0 Å². The molecule has 1 atom stereocenters. The molecule has 3 heterocycles. The van der Waals surface area contributed by atoms with Gasteiger partial charge >= 0.3 is 5.69 Å². The van der Waals surface area contributed by atoms with Crippen LogP contribution in [-0.2, 0) is 24.3 Å². The van der Waals surface area contributed by atoms with Crippen LogP contribution in [0.1, 0.15) is 44.0 Å². The predicted octanol–water partition coefficient (Wildman–Crippen LogP) is 1.51. The summed E-state index contributed by atoms with van der Waals surface area (Å²) in [6, 6.07) is 8.09. The smallest absolute Gasteiger partial charge is 0.317 e. The first-order valence-corrected chi connectivity index (χ1v) is 9.88. The van der Waals surface area contributed by atoms with Crippen LogP contribution in [0.25, 0.3) is 0 Å². The van der Waals surface area contributed by atoms with Crippen LogP contribution in [-0.4, -0.2) is 39.4 Å². The molecule has 1 unspecified atom stereocenters. The fourth-order valence-corrected chi connectivity index (χ4v) is 4.39. The number of hydrogen-bond donors (Lipinski definition) is 1. The summed E-state index contributed by atoms with van der Waals surface area (Å²) in [4.78, 5) is 27.7. The van der Waals surface area contributed by atoms with Crippen molar-refractivity contribution in [3.63, 3.8) is 0 Å². The molecule has 1 N–H and O–H groups in total. The van der Waals surface area contributed by atoms with Gasteiger partial charge in [-0.3, -0.25) is 9.36 Å². The molecule has 4 rings (SSSR count). The molecule has 144 valence electrons. The van der Waals surface area contributed by atoms with Crippen molar-refractivity contribution in [2.24, 2.45) is 0 Å². The largest absolute Gasteiger partial charge is 0.346 e. The van der Waals surface area contributed by atoms with Crippen molar-refractivity contribution in [1.82, 2.24) is 19.7 Å². The maximum Gasteiger partial charge on any atom is 0.346 e. The van der Waals surface area contributed by atoms with Crippen molar-refractivity contribution in [3.05, 3.63) is 46.1 Å². The van der Waals surface area contributed by atoms with Gasteiger partial charge < -0.3 is 10.2 Å². The Morgan fingerprint density at radius 1 is 1.26 bits per heavy atom. The molecule has 1 aromatic heterocycles. The van der Waals surface area contributed by atoms with Gasteiger partial charge in [0.25, 0.3) is 0 Å². The Morgan fingerprint density at radius 3 is 2.74 bits per heavy atom. The molecular weight excluding hydrogens is 342 g/mol. The fourth-order valence-electron chi connectivity index (χ4n) is 4.39. The highest BCUT2D eigenvalue weighted by atomic mass is 16.2. The molecule has 2 aromatic rings. The van der Waals surface area contributed by atoms with Gasteiger partial charge in [-0.1, -0.05) is 18.2 Å². The van der Waals surface area contributed by atoms with Crippen LogP contribution in [0, 0.1) is 0 Å². The minimum Gasteiger partial charge on any atom is -0.317 e. The van der Waals surface area contributed by atoms with E-state index in [0.29, 0.717) is 6.54 Å². The molecule has 1 amide bonds. The molecule has 0 bridgehead atoms.